The van der Waals surface area contributed by atoms with Crippen molar-refractivity contribution in [2.75, 3.05) is 6.61 Å². The molecule has 0 N–H and O–H groups in total. The summed E-state index contributed by atoms with van der Waals surface area (Å²) < 4.78 is 5.36. The smallest absolute Gasteiger partial charge is 0.411 e. The van der Waals surface area contributed by atoms with Crippen LogP contribution in [0.15, 0.2) is 34.7 Å². The van der Waals surface area contributed by atoms with Crippen molar-refractivity contribution < 1.29 is 9.53 Å². The molecule has 5 heteroatoms. The molecule has 22 heavy (non-hydrogen) atoms. The molecule has 0 aromatic heterocycles. The Morgan fingerprint density at radius 2 is 1.41 bits per heavy atom. The molecule has 0 aromatic rings. The summed E-state index contributed by atoms with van der Waals surface area (Å²) in [7, 11) is -3.07. The molecule has 0 aliphatic carbocycles. The second-order valence-electron chi connectivity index (χ2n) is 8.09. The van der Waals surface area contributed by atoms with E-state index in [0.717, 1.165) is 0 Å². The third-order valence-electron chi connectivity index (χ3n) is 4.27. The topological polar surface area (TPSA) is 29.5 Å². The van der Waals surface area contributed by atoms with Gasteiger partial charge in [-0.1, -0.05) is 74.0 Å². The van der Waals surface area contributed by atoms with Crippen molar-refractivity contribution in [2.24, 2.45) is 0 Å². The lowest BCUT2D eigenvalue weighted by Crippen LogP contribution is -2.44. The molecule has 0 saturated heterocycles. The maximum absolute atomic E-state index is 12.6. The Morgan fingerprint density at radius 3 is 1.73 bits per heavy atom. The number of nitrogens with zero attached hydrogens (tertiary/aromatic N) is 1. The molecule has 0 fully saturated rings. The zero-order valence-corrected chi connectivity index (χ0v) is 16.9. The van der Waals surface area contributed by atoms with Gasteiger partial charge in [0.15, 0.2) is 0 Å². The number of hydrogen-bond donors (Lipinski definition) is 0. The van der Waals surface area contributed by atoms with E-state index in [1.807, 2.05) is 11.8 Å². The molecule has 0 radical (unpaired) electrons. The summed E-state index contributed by atoms with van der Waals surface area (Å²) in [5.74, 6) is 0. The first kappa shape index (κ1) is 17.3. The van der Waals surface area contributed by atoms with Crippen LogP contribution in [0.5, 0.6) is 0 Å². The van der Waals surface area contributed by atoms with E-state index in [9.17, 15) is 4.79 Å². The number of carbonyl (C=O) groups is 1. The van der Waals surface area contributed by atoms with Crippen molar-refractivity contribution in [2.45, 2.75) is 58.3 Å². The monoisotopic (exact) mass is 335 g/mol. The average Bonchev–Trinajstić information content (AvgIpc) is 2.51. The molecule has 2 atom stereocenters. The van der Waals surface area contributed by atoms with Gasteiger partial charge in [0.2, 0.25) is 0 Å². The van der Waals surface area contributed by atoms with Crippen LogP contribution in [0.3, 0.4) is 0 Å². The molecule has 2 unspecified atom stereocenters. The van der Waals surface area contributed by atoms with Gasteiger partial charge < -0.3 is 4.74 Å². The zero-order valence-electron chi connectivity index (χ0n) is 14.9. The average molecular weight is 336 g/mol. The lowest BCUT2D eigenvalue weighted by Gasteiger charge is -2.30. The van der Waals surface area contributed by atoms with E-state index in [1.54, 1.807) is 10.4 Å². The van der Waals surface area contributed by atoms with Gasteiger partial charge >= 0.3 is 6.09 Å². The highest BCUT2D eigenvalue weighted by Crippen LogP contribution is 2.42. The van der Waals surface area contributed by atoms with Crippen LogP contribution in [-0.2, 0) is 4.74 Å². The molecule has 0 saturated carbocycles. The van der Waals surface area contributed by atoms with Crippen LogP contribution in [0.1, 0.15) is 6.92 Å². The first-order valence-corrected chi connectivity index (χ1v) is 15.1. The van der Waals surface area contributed by atoms with E-state index in [4.69, 9.17) is 4.74 Å². The fourth-order valence-electron chi connectivity index (χ4n) is 3.61. The van der Waals surface area contributed by atoms with Gasteiger partial charge in [-0.05, 0) is 6.92 Å². The lowest BCUT2D eigenvalue weighted by molar-refractivity contribution is 0.103. The zero-order chi connectivity index (χ0) is 16.7. The van der Waals surface area contributed by atoms with Crippen LogP contribution in [0.25, 0.3) is 0 Å². The molecule has 2 rings (SSSR count). The SMILES string of the molecule is CCOC(=O)N1C2C=CC=CC1C([Si](C)(C)C)=C2[Si](C)(C)C. The summed E-state index contributed by atoms with van der Waals surface area (Å²) in [6, 6.07) is 0.153. The Morgan fingerprint density at radius 1 is 1.00 bits per heavy atom. The van der Waals surface area contributed by atoms with Crippen LogP contribution in [-0.4, -0.2) is 45.8 Å². The molecule has 2 heterocycles. The molecule has 2 aliphatic heterocycles. The summed E-state index contributed by atoms with van der Waals surface area (Å²) in [6.45, 7) is 16.6. The van der Waals surface area contributed by atoms with Crippen LogP contribution in [0.2, 0.25) is 39.3 Å². The molecular weight excluding hydrogens is 306 g/mol. The highest BCUT2D eigenvalue weighted by atomic mass is 28.3. The second-order valence-corrected chi connectivity index (χ2v) is 18.2. The Hall–Kier alpha value is -1.08. The molecule has 122 valence electrons. The Kier molecular flexibility index (Phi) is 4.59. The quantitative estimate of drug-likeness (QED) is 0.717. The van der Waals surface area contributed by atoms with Crippen LogP contribution < -0.4 is 0 Å². The minimum absolute atomic E-state index is 0.0763. The van der Waals surface area contributed by atoms with E-state index in [0.29, 0.717) is 6.61 Å². The van der Waals surface area contributed by atoms with Crippen LogP contribution >= 0.6 is 0 Å². The van der Waals surface area contributed by atoms with E-state index >= 15 is 0 Å². The minimum atomic E-state index is -1.54. The van der Waals surface area contributed by atoms with E-state index in [1.165, 1.54) is 0 Å². The van der Waals surface area contributed by atoms with Crippen molar-refractivity contribution in [1.29, 1.82) is 0 Å². The lowest BCUT2D eigenvalue weighted by atomic mass is 10.2. The number of fused-ring (bicyclic) bond motifs is 2. The van der Waals surface area contributed by atoms with Gasteiger partial charge in [0.25, 0.3) is 0 Å². The molecule has 2 bridgehead atoms. The summed E-state index contributed by atoms with van der Waals surface area (Å²) in [5.41, 5.74) is 0. The molecule has 2 aliphatic rings. The van der Waals surface area contributed by atoms with E-state index < -0.39 is 16.1 Å². The molecular formula is C17H29NO2Si2. The molecule has 0 aromatic carbocycles. The van der Waals surface area contributed by atoms with Gasteiger partial charge in [0.1, 0.15) is 0 Å². The highest BCUT2D eigenvalue weighted by molar-refractivity contribution is 6.90. The third-order valence-corrected chi connectivity index (χ3v) is 8.89. The molecule has 3 nitrogen and oxygen atoms in total. The number of carbonyl (C=O) groups excluding carboxylic acids is 1. The number of allylic oxidation sites excluding steroid dienone is 2. The van der Waals surface area contributed by atoms with E-state index in [2.05, 4.69) is 63.6 Å². The Balaban J connectivity index is 2.63. The summed E-state index contributed by atoms with van der Waals surface area (Å²) in [4.78, 5) is 14.6. The van der Waals surface area contributed by atoms with Gasteiger partial charge in [-0.3, -0.25) is 4.90 Å². The largest absolute Gasteiger partial charge is 0.450 e. The van der Waals surface area contributed by atoms with Gasteiger partial charge in [-0.15, -0.1) is 0 Å². The van der Waals surface area contributed by atoms with Gasteiger partial charge in [-0.2, -0.15) is 0 Å². The summed E-state index contributed by atoms with van der Waals surface area (Å²) in [5, 5.41) is 3.09. The fraction of sp³-hybridized carbons (Fsp3) is 0.588. The van der Waals surface area contributed by atoms with Crippen molar-refractivity contribution >= 4 is 22.2 Å². The number of rotatable bonds is 3. The maximum Gasteiger partial charge on any atom is 0.411 e. The number of amides is 1. The summed E-state index contributed by atoms with van der Waals surface area (Å²) in [6.07, 6.45) is 8.33. The third kappa shape index (κ3) is 3.01. The first-order chi connectivity index (χ1) is 10.1. The van der Waals surface area contributed by atoms with Gasteiger partial charge in [0.05, 0.1) is 34.8 Å². The fourth-order valence-corrected chi connectivity index (χ4v) is 10.0. The molecule has 1 amide bonds. The Bertz CT molecular complexity index is 510. The van der Waals surface area contributed by atoms with Crippen LogP contribution in [0.4, 0.5) is 4.79 Å². The van der Waals surface area contributed by atoms with Crippen molar-refractivity contribution in [1.82, 2.24) is 4.90 Å². The summed E-state index contributed by atoms with van der Waals surface area (Å²) >= 11 is 0. The maximum atomic E-state index is 12.6. The standard InChI is InChI=1S/C17H29NO2Si2/c1-8-20-17(19)18-13-11-9-10-12-14(18)16(22(5,6)7)15(13)21(2,3)4/h9-14H,8H2,1-7H3. The van der Waals surface area contributed by atoms with Crippen LogP contribution in [0, 0.1) is 0 Å². The highest BCUT2D eigenvalue weighted by Gasteiger charge is 2.49. The second kappa shape index (κ2) is 5.85. The minimum Gasteiger partial charge on any atom is -0.450 e. The first-order valence-electron chi connectivity index (χ1n) is 8.14. The predicted molar refractivity (Wildman–Crippen MR) is 98.4 cm³/mol. The van der Waals surface area contributed by atoms with Gasteiger partial charge in [-0.25, -0.2) is 4.79 Å². The number of ether oxygens (including phenoxy) is 1. The molecule has 0 spiro atoms. The Labute approximate surface area is 136 Å². The van der Waals surface area contributed by atoms with Crippen molar-refractivity contribution in [3.8, 4) is 0 Å². The van der Waals surface area contributed by atoms with E-state index in [-0.39, 0.29) is 18.2 Å². The van der Waals surface area contributed by atoms with Crippen molar-refractivity contribution in [3.63, 3.8) is 0 Å². The number of hydrogen-bond acceptors (Lipinski definition) is 2. The normalized spacial score (nSPS) is 24.8. The predicted octanol–water partition coefficient (Wildman–Crippen LogP) is 4.37. The van der Waals surface area contributed by atoms with Crippen molar-refractivity contribution in [3.05, 3.63) is 34.7 Å². The van der Waals surface area contributed by atoms with Gasteiger partial charge in [0, 0.05) is 0 Å².